The molecule has 0 heterocycles. The highest BCUT2D eigenvalue weighted by Gasteiger charge is 2.14. The molecule has 1 aromatic rings. The molecule has 0 saturated heterocycles. The van der Waals surface area contributed by atoms with Gasteiger partial charge in [-0.05, 0) is 31.0 Å². The first-order chi connectivity index (χ1) is 8.10. The zero-order valence-corrected chi connectivity index (χ0v) is 10.5. The van der Waals surface area contributed by atoms with E-state index in [1.807, 2.05) is 26.0 Å². The Bertz CT molecular complexity index is 390. The van der Waals surface area contributed by atoms with Gasteiger partial charge in [0.15, 0.2) is 0 Å². The van der Waals surface area contributed by atoms with Crippen LogP contribution >= 0.6 is 0 Å². The first kappa shape index (κ1) is 13.7. The van der Waals surface area contributed by atoms with Gasteiger partial charge in [0, 0.05) is 12.7 Å². The van der Waals surface area contributed by atoms with E-state index >= 15 is 0 Å². The van der Waals surface area contributed by atoms with Crippen molar-refractivity contribution in [3.8, 4) is 0 Å². The van der Waals surface area contributed by atoms with Crippen LogP contribution in [0.25, 0.3) is 0 Å². The van der Waals surface area contributed by atoms with Crippen molar-refractivity contribution in [1.29, 1.82) is 0 Å². The fraction of sp³-hybridized carbons (Fsp3) is 0.462. The second kappa shape index (κ2) is 6.37. The zero-order chi connectivity index (χ0) is 12.8. The van der Waals surface area contributed by atoms with Gasteiger partial charge in [0.2, 0.25) is 0 Å². The van der Waals surface area contributed by atoms with Gasteiger partial charge in [-0.3, -0.25) is 4.79 Å². The molecular formula is C13H19NO3. The fourth-order valence-electron chi connectivity index (χ4n) is 1.60. The summed E-state index contributed by atoms with van der Waals surface area (Å²) in [6.45, 7) is 4.04. The van der Waals surface area contributed by atoms with E-state index in [4.69, 9.17) is 9.84 Å². The summed E-state index contributed by atoms with van der Waals surface area (Å²) in [4.78, 5) is 12.0. The van der Waals surface area contributed by atoms with Crippen molar-refractivity contribution in [2.45, 2.75) is 19.9 Å². The lowest BCUT2D eigenvalue weighted by Gasteiger charge is -2.16. The third-order valence-electron chi connectivity index (χ3n) is 2.77. The smallest absolute Gasteiger partial charge is 0.251 e. The van der Waals surface area contributed by atoms with Gasteiger partial charge in [-0.1, -0.05) is 12.1 Å². The predicted molar refractivity (Wildman–Crippen MR) is 66.1 cm³/mol. The number of aryl methyl sites for hydroxylation is 1. The SMILES string of the molecule is COCC(CO)NC(=O)c1cccc(C)c1C. The summed E-state index contributed by atoms with van der Waals surface area (Å²) in [5.41, 5.74) is 2.67. The van der Waals surface area contributed by atoms with Crippen LogP contribution in [0.15, 0.2) is 18.2 Å². The second-order valence-electron chi connectivity index (χ2n) is 4.06. The molecule has 1 unspecified atom stereocenters. The summed E-state index contributed by atoms with van der Waals surface area (Å²) in [6, 6.07) is 5.22. The molecule has 0 spiro atoms. The van der Waals surface area contributed by atoms with Crippen LogP contribution in [0, 0.1) is 13.8 Å². The van der Waals surface area contributed by atoms with Gasteiger partial charge in [-0.15, -0.1) is 0 Å². The Kier molecular flexibility index (Phi) is 5.12. The van der Waals surface area contributed by atoms with Gasteiger partial charge in [0.1, 0.15) is 0 Å². The van der Waals surface area contributed by atoms with Gasteiger partial charge in [0.25, 0.3) is 5.91 Å². The lowest BCUT2D eigenvalue weighted by Crippen LogP contribution is -2.40. The summed E-state index contributed by atoms with van der Waals surface area (Å²) < 4.78 is 4.91. The maximum absolute atomic E-state index is 12.0. The number of ether oxygens (including phenoxy) is 1. The number of methoxy groups -OCH3 is 1. The van der Waals surface area contributed by atoms with Gasteiger partial charge in [-0.2, -0.15) is 0 Å². The molecular weight excluding hydrogens is 218 g/mol. The molecule has 0 aliphatic rings. The molecule has 4 nitrogen and oxygen atoms in total. The largest absolute Gasteiger partial charge is 0.394 e. The molecule has 0 aliphatic carbocycles. The average molecular weight is 237 g/mol. The molecule has 0 fully saturated rings. The van der Waals surface area contributed by atoms with E-state index in [1.54, 1.807) is 6.07 Å². The van der Waals surface area contributed by atoms with Crippen LogP contribution in [0.1, 0.15) is 21.5 Å². The Morgan fingerprint density at radius 3 is 2.76 bits per heavy atom. The predicted octanol–water partition coefficient (Wildman–Crippen LogP) is 1.04. The van der Waals surface area contributed by atoms with Crippen LogP contribution in [0.5, 0.6) is 0 Å². The number of rotatable bonds is 5. The molecule has 1 amide bonds. The number of aliphatic hydroxyl groups excluding tert-OH is 1. The lowest BCUT2D eigenvalue weighted by molar-refractivity contribution is 0.0839. The van der Waals surface area contributed by atoms with Crippen molar-refractivity contribution < 1.29 is 14.6 Å². The van der Waals surface area contributed by atoms with Crippen LogP contribution in [0.4, 0.5) is 0 Å². The van der Waals surface area contributed by atoms with Crippen LogP contribution in [0.2, 0.25) is 0 Å². The van der Waals surface area contributed by atoms with Crippen LogP contribution < -0.4 is 5.32 Å². The van der Waals surface area contributed by atoms with Gasteiger partial charge in [-0.25, -0.2) is 0 Å². The average Bonchev–Trinajstić information content (AvgIpc) is 2.31. The Morgan fingerprint density at radius 1 is 1.47 bits per heavy atom. The third-order valence-corrected chi connectivity index (χ3v) is 2.77. The van der Waals surface area contributed by atoms with Crippen molar-refractivity contribution in [1.82, 2.24) is 5.32 Å². The molecule has 17 heavy (non-hydrogen) atoms. The summed E-state index contributed by atoms with van der Waals surface area (Å²) in [7, 11) is 1.53. The second-order valence-corrected chi connectivity index (χ2v) is 4.06. The van der Waals surface area contributed by atoms with E-state index < -0.39 is 0 Å². The lowest BCUT2D eigenvalue weighted by atomic mass is 10.0. The molecule has 0 saturated carbocycles. The van der Waals surface area contributed by atoms with Gasteiger partial charge < -0.3 is 15.2 Å². The topological polar surface area (TPSA) is 58.6 Å². The molecule has 0 aromatic heterocycles. The van der Waals surface area contributed by atoms with Crippen molar-refractivity contribution in [3.05, 3.63) is 34.9 Å². The number of aliphatic hydroxyl groups is 1. The first-order valence-corrected chi connectivity index (χ1v) is 5.57. The van der Waals surface area contributed by atoms with Crippen LogP contribution in [-0.2, 0) is 4.74 Å². The van der Waals surface area contributed by atoms with Crippen molar-refractivity contribution >= 4 is 5.91 Å². The molecule has 1 aromatic carbocycles. The monoisotopic (exact) mass is 237 g/mol. The highest BCUT2D eigenvalue weighted by atomic mass is 16.5. The maximum Gasteiger partial charge on any atom is 0.251 e. The normalized spacial score (nSPS) is 12.2. The number of carbonyl (C=O) groups is 1. The summed E-state index contributed by atoms with van der Waals surface area (Å²) in [5.74, 6) is -0.178. The molecule has 1 rings (SSSR count). The highest BCUT2D eigenvalue weighted by molar-refractivity contribution is 5.96. The molecule has 0 aliphatic heterocycles. The summed E-state index contributed by atoms with van der Waals surface area (Å²) >= 11 is 0. The van der Waals surface area contributed by atoms with Crippen LogP contribution in [-0.4, -0.2) is 37.4 Å². The Balaban J connectivity index is 2.79. The van der Waals surface area contributed by atoms with E-state index in [9.17, 15) is 4.79 Å². The summed E-state index contributed by atoms with van der Waals surface area (Å²) in [5, 5.41) is 11.8. The molecule has 0 radical (unpaired) electrons. The maximum atomic E-state index is 12.0. The van der Waals surface area contributed by atoms with E-state index in [0.29, 0.717) is 12.2 Å². The minimum absolute atomic E-state index is 0.134. The van der Waals surface area contributed by atoms with E-state index in [1.165, 1.54) is 7.11 Å². The van der Waals surface area contributed by atoms with Crippen molar-refractivity contribution in [2.24, 2.45) is 0 Å². The Labute approximate surface area is 102 Å². The Morgan fingerprint density at radius 2 is 2.18 bits per heavy atom. The quantitative estimate of drug-likeness (QED) is 0.804. The van der Waals surface area contributed by atoms with E-state index in [-0.39, 0.29) is 18.6 Å². The molecule has 94 valence electrons. The number of benzene rings is 1. The van der Waals surface area contributed by atoms with Crippen molar-refractivity contribution in [2.75, 3.05) is 20.3 Å². The van der Waals surface area contributed by atoms with E-state index in [2.05, 4.69) is 5.32 Å². The number of hydrogen-bond acceptors (Lipinski definition) is 3. The minimum Gasteiger partial charge on any atom is -0.394 e. The third kappa shape index (κ3) is 3.54. The summed E-state index contributed by atoms with van der Waals surface area (Å²) in [6.07, 6.45) is 0. The molecule has 0 bridgehead atoms. The number of carbonyl (C=O) groups excluding carboxylic acids is 1. The number of hydrogen-bond donors (Lipinski definition) is 2. The molecule has 4 heteroatoms. The number of amides is 1. The number of nitrogens with one attached hydrogen (secondary N) is 1. The fourth-order valence-corrected chi connectivity index (χ4v) is 1.60. The Hall–Kier alpha value is -1.39. The van der Waals surface area contributed by atoms with Crippen molar-refractivity contribution in [3.63, 3.8) is 0 Å². The zero-order valence-electron chi connectivity index (χ0n) is 10.5. The molecule has 2 N–H and O–H groups in total. The standard InChI is InChI=1S/C13H19NO3/c1-9-5-4-6-12(10(9)2)13(16)14-11(7-15)8-17-3/h4-6,11,15H,7-8H2,1-3H3,(H,14,16). The van der Waals surface area contributed by atoms with Crippen LogP contribution in [0.3, 0.4) is 0 Å². The minimum atomic E-state index is -0.368. The van der Waals surface area contributed by atoms with E-state index in [0.717, 1.165) is 11.1 Å². The van der Waals surface area contributed by atoms with Gasteiger partial charge in [0.05, 0.1) is 19.3 Å². The van der Waals surface area contributed by atoms with Gasteiger partial charge >= 0.3 is 0 Å². The highest BCUT2D eigenvalue weighted by Crippen LogP contribution is 2.12. The first-order valence-electron chi connectivity index (χ1n) is 5.57. The molecule has 1 atom stereocenters.